The van der Waals surface area contributed by atoms with Gasteiger partial charge in [-0.25, -0.2) is 0 Å². The van der Waals surface area contributed by atoms with Gasteiger partial charge in [0.05, 0.1) is 16.3 Å². The summed E-state index contributed by atoms with van der Waals surface area (Å²) in [4.78, 5) is 28.6. The fourth-order valence-corrected chi connectivity index (χ4v) is 4.19. The monoisotopic (exact) mass is 511 g/mol. The molecule has 1 heterocycles. The van der Waals surface area contributed by atoms with Crippen LogP contribution in [-0.2, 0) is 4.79 Å². The summed E-state index contributed by atoms with van der Waals surface area (Å²) in [6.07, 6.45) is 1.48. The lowest BCUT2D eigenvalue weighted by Gasteiger charge is -2.36. The fraction of sp³-hybridized carbons (Fsp3) is 0.333. The summed E-state index contributed by atoms with van der Waals surface area (Å²) < 4.78 is 0.899. The standard InChI is InChI=1S/C21H23ClIN3O2/c1-2-5-20(27)26-12-10-25(11-13-26)19-9-8-15(14-17(19)22)24-21(28)16-6-3-4-7-18(16)23/h3-4,6-9,14H,2,5,10-13H2,1H3,(H,24,28). The average molecular weight is 512 g/mol. The van der Waals surface area contributed by atoms with Crippen LogP contribution in [0, 0.1) is 3.57 Å². The first-order valence-corrected chi connectivity index (χ1v) is 10.8. The smallest absolute Gasteiger partial charge is 0.256 e. The van der Waals surface area contributed by atoms with Crippen LogP contribution in [0.15, 0.2) is 42.5 Å². The average Bonchev–Trinajstić information content (AvgIpc) is 2.69. The molecule has 5 nitrogen and oxygen atoms in total. The molecule has 0 spiro atoms. The molecule has 2 amide bonds. The maximum absolute atomic E-state index is 12.5. The molecule has 3 rings (SSSR count). The van der Waals surface area contributed by atoms with E-state index in [4.69, 9.17) is 11.6 Å². The van der Waals surface area contributed by atoms with Crippen molar-refractivity contribution in [1.82, 2.24) is 4.90 Å². The number of rotatable bonds is 5. The molecule has 28 heavy (non-hydrogen) atoms. The molecule has 1 fully saturated rings. The summed E-state index contributed by atoms with van der Waals surface area (Å²) in [6, 6.07) is 13.0. The molecule has 2 aromatic rings. The highest BCUT2D eigenvalue weighted by Gasteiger charge is 2.22. The number of amides is 2. The van der Waals surface area contributed by atoms with E-state index in [9.17, 15) is 9.59 Å². The number of halogens is 2. The summed E-state index contributed by atoms with van der Waals surface area (Å²) in [5, 5.41) is 3.50. The Morgan fingerprint density at radius 3 is 2.46 bits per heavy atom. The highest BCUT2D eigenvalue weighted by molar-refractivity contribution is 14.1. The van der Waals surface area contributed by atoms with Crippen molar-refractivity contribution in [2.24, 2.45) is 0 Å². The summed E-state index contributed by atoms with van der Waals surface area (Å²) in [5.74, 6) is 0.0683. The minimum Gasteiger partial charge on any atom is -0.367 e. The van der Waals surface area contributed by atoms with Crippen molar-refractivity contribution in [2.75, 3.05) is 36.4 Å². The number of carbonyl (C=O) groups excluding carboxylic acids is 2. The lowest BCUT2D eigenvalue weighted by atomic mass is 10.2. The molecule has 0 saturated carbocycles. The summed E-state index contributed by atoms with van der Waals surface area (Å²) >= 11 is 8.65. The second-order valence-electron chi connectivity index (χ2n) is 6.72. The lowest BCUT2D eigenvalue weighted by molar-refractivity contribution is -0.131. The van der Waals surface area contributed by atoms with Crippen LogP contribution in [0.2, 0.25) is 5.02 Å². The van der Waals surface area contributed by atoms with E-state index in [2.05, 4.69) is 32.8 Å². The van der Waals surface area contributed by atoms with Gasteiger partial charge in [-0.05, 0) is 59.3 Å². The first-order chi connectivity index (χ1) is 13.5. The zero-order valence-electron chi connectivity index (χ0n) is 15.8. The van der Waals surface area contributed by atoms with Crippen LogP contribution < -0.4 is 10.2 Å². The Morgan fingerprint density at radius 2 is 1.82 bits per heavy atom. The maximum atomic E-state index is 12.5. The van der Waals surface area contributed by atoms with Crippen LogP contribution in [0.25, 0.3) is 0 Å². The second-order valence-corrected chi connectivity index (χ2v) is 8.29. The van der Waals surface area contributed by atoms with Crippen molar-refractivity contribution >= 4 is 57.4 Å². The van der Waals surface area contributed by atoms with Gasteiger partial charge in [-0.1, -0.05) is 30.7 Å². The Morgan fingerprint density at radius 1 is 1.11 bits per heavy atom. The van der Waals surface area contributed by atoms with Gasteiger partial charge in [-0.3, -0.25) is 9.59 Å². The van der Waals surface area contributed by atoms with Gasteiger partial charge in [0.2, 0.25) is 5.91 Å². The molecule has 1 saturated heterocycles. The van der Waals surface area contributed by atoms with Crippen LogP contribution in [0.1, 0.15) is 30.1 Å². The van der Waals surface area contributed by atoms with Crippen LogP contribution in [0.4, 0.5) is 11.4 Å². The molecule has 0 bridgehead atoms. The second kappa shape index (κ2) is 9.60. The third-order valence-corrected chi connectivity index (χ3v) is 6.00. The van der Waals surface area contributed by atoms with Gasteiger partial charge in [-0.2, -0.15) is 0 Å². The molecule has 1 N–H and O–H groups in total. The Balaban J connectivity index is 1.64. The number of carbonyl (C=O) groups is 2. The van der Waals surface area contributed by atoms with Gasteiger partial charge in [-0.15, -0.1) is 0 Å². The predicted octanol–water partition coefficient (Wildman–Crippen LogP) is 4.65. The van der Waals surface area contributed by atoms with E-state index in [1.165, 1.54) is 0 Å². The fourth-order valence-electron chi connectivity index (χ4n) is 3.25. The molecular weight excluding hydrogens is 489 g/mol. The van der Waals surface area contributed by atoms with E-state index in [-0.39, 0.29) is 11.8 Å². The largest absolute Gasteiger partial charge is 0.367 e. The molecule has 0 atom stereocenters. The maximum Gasteiger partial charge on any atom is 0.256 e. The number of piperazine rings is 1. The normalized spacial score (nSPS) is 14.1. The molecular formula is C21H23ClIN3O2. The van der Waals surface area contributed by atoms with Crippen molar-refractivity contribution < 1.29 is 9.59 Å². The Labute approximate surface area is 184 Å². The third-order valence-electron chi connectivity index (χ3n) is 4.76. The number of hydrogen-bond acceptors (Lipinski definition) is 3. The first kappa shape index (κ1) is 20.9. The molecule has 1 aliphatic heterocycles. The summed E-state index contributed by atoms with van der Waals surface area (Å²) in [5.41, 5.74) is 2.22. The molecule has 148 valence electrons. The zero-order valence-corrected chi connectivity index (χ0v) is 18.7. The van der Waals surface area contributed by atoms with Crippen molar-refractivity contribution in [3.63, 3.8) is 0 Å². The number of benzene rings is 2. The summed E-state index contributed by atoms with van der Waals surface area (Å²) in [6.45, 7) is 4.94. The van der Waals surface area contributed by atoms with Gasteiger partial charge < -0.3 is 15.1 Å². The van der Waals surface area contributed by atoms with Crippen LogP contribution in [0.3, 0.4) is 0 Å². The third kappa shape index (κ3) is 4.97. The Bertz CT molecular complexity index is 866. The highest BCUT2D eigenvalue weighted by Crippen LogP contribution is 2.30. The van der Waals surface area contributed by atoms with Gasteiger partial charge in [0.15, 0.2) is 0 Å². The van der Waals surface area contributed by atoms with E-state index in [1.807, 2.05) is 42.2 Å². The van der Waals surface area contributed by atoms with Gasteiger partial charge in [0, 0.05) is 41.9 Å². The zero-order chi connectivity index (χ0) is 20.1. The number of nitrogens with zero attached hydrogens (tertiary/aromatic N) is 2. The van der Waals surface area contributed by atoms with E-state index in [1.54, 1.807) is 12.1 Å². The molecule has 0 aliphatic carbocycles. The van der Waals surface area contributed by atoms with Crippen LogP contribution in [-0.4, -0.2) is 42.9 Å². The topological polar surface area (TPSA) is 52.7 Å². The van der Waals surface area contributed by atoms with Crippen molar-refractivity contribution in [1.29, 1.82) is 0 Å². The van der Waals surface area contributed by atoms with Gasteiger partial charge in [0.1, 0.15) is 0 Å². The number of anilines is 2. The van der Waals surface area contributed by atoms with Gasteiger partial charge >= 0.3 is 0 Å². The molecule has 1 aliphatic rings. The Kier molecular flexibility index (Phi) is 7.18. The van der Waals surface area contributed by atoms with Crippen molar-refractivity contribution in [3.05, 3.63) is 56.6 Å². The van der Waals surface area contributed by atoms with Crippen molar-refractivity contribution in [2.45, 2.75) is 19.8 Å². The highest BCUT2D eigenvalue weighted by atomic mass is 127. The van der Waals surface area contributed by atoms with Crippen LogP contribution in [0.5, 0.6) is 0 Å². The molecule has 0 unspecified atom stereocenters. The Hall–Kier alpha value is -1.80. The predicted molar refractivity (Wildman–Crippen MR) is 122 cm³/mol. The molecule has 0 radical (unpaired) electrons. The minimum atomic E-state index is -0.156. The van der Waals surface area contributed by atoms with E-state index < -0.39 is 0 Å². The quantitative estimate of drug-likeness (QED) is 0.595. The van der Waals surface area contributed by atoms with Crippen LogP contribution >= 0.6 is 34.2 Å². The SMILES string of the molecule is CCCC(=O)N1CCN(c2ccc(NC(=O)c3ccccc3I)cc2Cl)CC1. The number of nitrogens with one attached hydrogen (secondary N) is 1. The van der Waals surface area contributed by atoms with E-state index in [0.717, 1.165) is 28.8 Å². The minimum absolute atomic E-state index is 0.156. The van der Waals surface area contributed by atoms with E-state index in [0.29, 0.717) is 35.8 Å². The first-order valence-electron chi connectivity index (χ1n) is 9.37. The lowest BCUT2D eigenvalue weighted by Crippen LogP contribution is -2.48. The van der Waals surface area contributed by atoms with E-state index >= 15 is 0 Å². The molecule has 0 aromatic heterocycles. The molecule has 7 heteroatoms. The number of hydrogen-bond donors (Lipinski definition) is 1. The summed E-state index contributed by atoms with van der Waals surface area (Å²) in [7, 11) is 0. The van der Waals surface area contributed by atoms with Crippen molar-refractivity contribution in [3.8, 4) is 0 Å². The van der Waals surface area contributed by atoms with Gasteiger partial charge in [0.25, 0.3) is 5.91 Å². The molecule has 2 aromatic carbocycles.